The average Bonchev–Trinajstić information content (AvgIpc) is 3.23. The second-order valence-electron chi connectivity index (χ2n) is 5.45. The van der Waals surface area contributed by atoms with Crippen molar-refractivity contribution < 1.29 is 14.5 Å². The Morgan fingerprint density at radius 2 is 2.24 bits per heavy atom. The Hall–Kier alpha value is -2.15. The van der Waals surface area contributed by atoms with E-state index in [9.17, 15) is 14.9 Å². The van der Waals surface area contributed by atoms with Crippen molar-refractivity contribution in [2.45, 2.75) is 19.3 Å². The molecule has 0 atom stereocenters. The Balaban J connectivity index is 2.09. The molecule has 3 N–H and O–H groups in total. The molecule has 0 aliphatic heterocycles. The molecule has 1 saturated carbocycles. The van der Waals surface area contributed by atoms with Crippen LogP contribution in [0.3, 0.4) is 0 Å². The molecule has 0 bridgehead atoms. The van der Waals surface area contributed by atoms with Gasteiger partial charge in [-0.25, -0.2) is 0 Å². The normalized spacial score (nSPS) is 15.5. The van der Waals surface area contributed by atoms with Crippen LogP contribution in [0.25, 0.3) is 0 Å². The van der Waals surface area contributed by atoms with Gasteiger partial charge in [0.1, 0.15) is 5.69 Å². The monoisotopic (exact) mass is 293 g/mol. The molecule has 7 nitrogen and oxygen atoms in total. The highest BCUT2D eigenvalue weighted by Gasteiger charge is 2.42. The molecule has 1 aliphatic rings. The van der Waals surface area contributed by atoms with E-state index in [2.05, 4.69) is 5.32 Å². The van der Waals surface area contributed by atoms with Gasteiger partial charge in [-0.1, -0.05) is 0 Å². The van der Waals surface area contributed by atoms with Crippen LogP contribution in [0.2, 0.25) is 0 Å². The number of anilines is 1. The summed E-state index contributed by atoms with van der Waals surface area (Å²) in [7, 11) is 1.66. The van der Waals surface area contributed by atoms with Gasteiger partial charge in [-0.15, -0.1) is 0 Å². The molecule has 1 aliphatic carbocycles. The second kappa shape index (κ2) is 6.09. The van der Waals surface area contributed by atoms with Crippen LogP contribution in [-0.4, -0.2) is 31.1 Å². The number of amides is 1. The van der Waals surface area contributed by atoms with Crippen molar-refractivity contribution in [2.24, 2.45) is 11.1 Å². The molecule has 21 heavy (non-hydrogen) atoms. The van der Waals surface area contributed by atoms with Crippen LogP contribution in [0.5, 0.6) is 0 Å². The van der Waals surface area contributed by atoms with Crippen molar-refractivity contribution in [2.75, 3.05) is 25.6 Å². The average molecular weight is 293 g/mol. The molecule has 1 amide bonds. The molecule has 0 spiro atoms. The number of nitro groups is 1. The number of methoxy groups -OCH3 is 1. The summed E-state index contributed by atoms with van der Waals surface area (Å²) in [5.74, 6) is -0.677. The van der Waals surface area contributed by atoms with Crippen LogP contribution >= 0.6 is 0 Å². The van der Waals surface area contributed by atoms with Gasteiger partial charge in [-0.2, -0.15) is 0 Å². The molecule has 0 heterocycles. The zero-order chi connectivity index (χ0) is 15.5. The highest BCUT2D eigenvalue weighted by molar-refractivity contribution is 5.94. The molecule has 0 saturated heterocycles. The number of hydrogen-bond acceptors (Lipinski definition) is 5. The largest absolute Gasteiger partial charge is 0.385 e. The Labute approximate surface area is 122 Å². The molecule has 1 aromatic rings. The Kier molecular flexibility index (Phi) is 4.42. The van der Waals surface area contributed by atoms with Gasteiger partial charge >= 0.3 is 0 Å². The van der Waals surface area contributed by atoms with Crippen LogP contribution in [0.1, 0.15) is 29.6 Å². The van der Waals surface area contributed by atoms with Gasteiger partial charge in [0.2, 0.25) is 5.91 Å². The fourth-order valence-corrected chi connectivity index (χ4v) is 2.28. The lowest BCUT2D eigenvalue weighted by molar-refractivity contribution is -0.384. The molecule has 1 fully saturated rings. The second-order valence-corrected chi connectivity index (χ2v) is 5.45. The summed E-state index contributed by atoms with van der Waals surface area (Å²) in [6.45, 7) is 1.34. The third-order valence-corrected chi connectivity index (χ3v) is 3.93. The van der Waals surface area contributed by atoms with Crippen molar-refractivity contribution in [1.82, 2.24) is 0 Å². The van der Waals surface area contributed by atoms with Gasteiger partial charge in [-0.05, 0) is 36.8 Å². The van der Waals surface area contributed by atoms with E-state index in [0.29, 0.717) is 18.8 Å². The molecule has 0 radical (unpaired) electrons. The van der Waals surface area contributed by atoms with Crippen molar-refractivity contribution in [3.05, 3.63) is 33.9 Å². The predicted molar refractivity (Wildman–Crippen MR) is 78.3 cm³/mol. The minimum Gasteiger partial charge on any atom is -0.385 e. The van der Waals surface area contributed by atoms with Gasteiger partial charge in [0.25, 0.3) is 5.69 Å². The SMILES string of the molecule is COCCC1(CNc2ccc(C(N)=O)cc2[N+](=O)[O-])CC1. The number of nitrogens with zero attached hydrogens (tertiary/aromatic N) is 1. The molecule has 7 heteroatoms. The number of carbonyl (C=O) groups excluding carboxylic acids is 1. The molecule has 0 unspecified atom stereocenters. The number of rotatable bonds is 8. The maximum absolute atomic E-state index is 11.1. The topological polar surface area (TPSA) is 107 Å². The highest BCUT2D eigenvalue weighted by atomic mass is 16.6. The third-order valence-electron chi connectivity index (χ3n) is 3.93. The van der Waals surface area contributed by atoms with E-state index in [1.54, 1.807) is 7.11 Å². The van der Waals surface area contributed by atoms with Crippen molar-refractivity contribution in [3.63, 3.8) is 0 Å². The van der Waals surface area contributed by atoms with E-state index in [-0.39, 0.29) is 16.7 Å². The van der Waals surface area contributed by atoms with Gasteiger partial charge in [0.15, 0.2) is 0 Å². The quantitative estimate of drug-likeness (QED) is 0.562. The summed E-state index contributed by atoms with van der Waals surface area (Å²) >= 11 is 0. The fraction of sp³-hybridized carbons (Fsp3) is 0.500. The van der Waals surface area contributed by atoms with Crippen LogP contribution in [0, 0.1) is 15.5 Å². The van der Waals surface area contributed by atoms with E-state index in [1.807, 2.05) is 0 Å². The minimum absolute atomic E-state index is 0.131. The number of nitrogens with one attached hydrogen (secondary N) is 1. The number of carbonyl (C=O) groups is 1. The summed E-state index contributed by atoms with van der Waals surface area (Å²) in [6.07, 6.45) is 3.12. The van der Waals surface area contributed by atoms with Gasteiger partial charge in [0, 0.05) is 31.9 Å². The van der Waals surface area contributed by atoms with Gasteiger partial charge < -0.3 is 15.8 Å². The first kappa shape index (κ1) is 15.2. The molecular weight excluding hydrogens is 274 g/mol. The van der Waals surface area contributed by atoms with Crippen LogP contribution in [0.4, 0.5) is 11.4 Å². The first-order valence-corrected chi connectivity index (χ1v) is 6.78. The summed E-state index contributed by atoms with van der Waals surface area (Å²) in [5.41, 5.74) is 5.73. The molecule has 0 aromatic heterocycles. The first-order chi connectivity index (χ1) is 9.97. The smallest absolute Gasteiger partial charge is 0.293 e. The Bertz CT molecular complexity index is 555. The summed E-state index contributed by atoms with van der Waals surface area (Å²) in [6, 6.07) is 4.23. The maximum atomic E-state index is 11.1. The van der Waals surface area contributed by atoms with Crippen molar-refractivity contribution in [1.29, 1.82) is 0 Å². The summed E-state index contributed by atoms with van der Waals surface area (Å²) in [4.78, 5) is 21.7. The van der Waals surface area contributed by atoms with Crippen LogP contribution < -0.4 is 11.1 Å². The highest BCUT2D eigenvalue weighted by Crippen LogP contribution is 2.49. The van der Waals surface area contributed by atoms with Gasteiger partial charge in [0.05, 0.1) is 4.92 Å². The van der Waals surface area contributed by atoms with E-state index in [1.165, 1.54) is 18.2 Å². The third kappa shape index (κ3) is 3.69. The van der Waals surface area contributed by atoms with Gasteiger partial charge in [-0.3, -0.25) is 14.9 Å². The number of nitrogens with two attached hydrogens (primary N) is 1. The number of primary amides is 1. The predicted octanol–water partition coefficient (Wildman–Crippen LogP) is 1.92. The number of ether oxygens (including phenoxy) is 1. The molecular formula is C14H19N3O4. The molecule has 114 valence electrons. The standard InChI is InChI=1S/C14H19N3O4/c1-21-7-6-14(4-5-14)9-16-11-3-2-10(13(15)18)8-12(11)17(19)20/h2-3,8,16H,4-7,9H2,1H3,(H2,15,18). The van der Waals surface area contributed by atoms with Crippen molar-refractivity contribution in [3.8, 4) is 0 Å². The molecule has 2 rings (SSSR count). The lowest BCUT2D eigenvalue weighted by atomic mass is 10.0. The summed E-state index contributed by atoms with van der Waals surface area (Å²) < 4.78 is 5.09. The number of benzene rings is 1. The van der Waals surface area contributed by atoms with Crippen molar-refractivity contribution >= 4 is 17.3 Å². The summed E-state index contributed by atoms with van der Waals surface area (Å²) in [5, 5.41) is 14.2. The van der Waals surface area contributed by atoms with E-state index < -0.39 is 10.8 Å². The van der Waals surface area contributed by atoms with Crippen LogP contribution in [-0.2, 0) is 4.74 Å². The number of hydrogen-bond donors (Lipinski definition) is 2. The number of nitro benzene ring substituents is 1. The Morgan fingerprint density at radius 3 is 2.76 bits per heavy atom. The van der Waals surface area contributed by atoms with E-state index in [0.717, 1.165) is 19.3 Å². The van der Waals surface area contributed by atoms with E-state index >= 15 is 0 Å². The molecule has 1 aromatic carbocycles. The maximum Gasteiger partial charge on any atom is 0.293 e. The fourth-order valence-electron chi connectivity index (χ4n) is 2.28. The lowest BCUT2D eigenvalue weighted by Gasteiger charge is -2.16. The van der Waals surface area contributed by atoms with Crippen LogP contribution in [0.15, 0.2) is 18.2 Å². The zero-order valence-corrected chi connectivity index (χ0v) is 11.9. The first-order valence-electron chi connectivity index (χ1n) is 6.78. The zero-order valence-electron chi connectivity index (χ0n) is 11.9. The Morgan fingerprint density at radius 1 is 1.52 bits per heavy atom. The minimum atomic E-state index is -0.677. The lowest BCUT2D eigenvalue weighted by Crippen LogP contribution is -2.18. The van der Waals surface area contributed by atoms with E-state index in [4.69, 9.17) is 10.5 Å².